The minimum Gasteiger partial charge on any atom is -0.497 e. The number of benzene rings is 1. The Balaban J connectivity index is 1.51. The Bertz CT molecular complexity index is 407. The van der Waals surface area contributed by atoms with Gasteiger partial charge in [-0.25, -0.2) is 0 Å². The first-order valence-electron chi connectivity index (χ1n) is 7.49. The lowest BCUT2D eigenvalue weighted by molar-refractivity contribution is 0.302. The third-order valence-electron chi connectivity index (χ3n) is 3.48. The molecule has 1 aliphatic rings. The molecule has 1 aromatic carbocycles. The van der Waals surface area contributed by atoms with E-state index in [1.807, 2.05) is 18.2 Å². The van der Waals surface area contributed by atoms with Crippen LogP contribution in [-0.4, -0.2) is 26.3 Å². The Hall–Kier alpha value is -0.740. The van der Waals surface area contributed by atoms with Crippen LogP contribution >= 0.6 is 15.9 Å². The number of ether oxygens (including phenoxy) is 2. The average Bonchev–Trinajstić information content (AvgIpc) is 3.27. The van der Waals surface area contributed by atoms with Gasteiger partial charge >= 0.3 is 0 Å². The second-order valence-corrected chi connectivity index (χ2v) is 6.14. The molecule has 0 unspecified atom stereocenters. The van der Waals surface area contributed by atoms with Crippen LogP contribution in [0.5, 0.6) is 11.5 Å². The Morgan fingerprint density at radius 1 is 1.20 bits per heavy atom. The van der Waals surface area contributed by atoms with Gasteiger partial charge in [0.2, 0.25) is 0 Å². The van der Waals surface area contributed by atoms with Crippen molar-refractivity contribution in [3.05, 3.63) is 22.7 Å². The zero-order valence-electron chi connectivity index (χ0n) is 12.2. The molecule has 1 aromatic rings. The van der Waals surface area contributed by atoms with Crippen molar-refractivity contribution in [1.82, 2.24) is 5.32 Å². The predicted octanol–water partition coefficient (Wildman–Crippen LogP) is 4.15. The number of nitrogens with one attached hydrogen (secondary N) is 1. The Morgan fingerprint density at radius 2 is 2.00 bits per heavy atom. The topological polar surface area (TPSA) is 30.5 Å². The fourth-order valence-electron chi connectivity index (χ4n) is 2.08. The number of halogens is 1. The SMILES string of the molecule is COc1ccc(OCCCCCCNC2CC2)c(Br)c1. The Labute approximate surface area is 130 Å². The molecule has 0 bridgehead atoms. The zero-order valence-corrected chi connectivity index (χ0v) is 13.7. The molecular weight excluding hydrogens is 318 g/mol. The zero-order chi connectivity index (χ0) is 14.2. The van der Waals surface area contributed by atoms with E-state index in [4.69, 9.17) is 9.47 Å². The van der Waals surface area contributed by atoms with Crippen molar-refractivity contribution >= 4 is 15.9 Å². The van der Waals surface area contributed by atoms with Gasteiger partial charge in [-0.15, -0.1) is 0 Å². The summed E-state index contributed by atoms with van der Waals surface area (Å²) in [5.74, 6) is 1.73. The molecule has 0 aliphatic heterocycles. The Kier molecular flexibility index (Phi) is 6.67. The van der Waals surface area contributed by atoms with Crippen LogP contribution in [0.2, 0.25) is 0 Å². The van der Waals surface area contributed by atoms with Crippen LogP contribution in [0.1, 0.15) is 38.5 Å². The number of methoxy groups -OCH3 is 1. The summed E-state index contributed by atoms with van der Waals surface area (Å²) >= 11 is 3.50. The van der Waals surface area contributed by atoms with Gasteiger partial charge in [-0.05, 0) is 66.4 Å². The molecule has 0 radical (unpaired) electrons. The van der Waals surface area contributed by atoms with E-state index in [0.717, 1.165) is 35.0 Å². The maximum absolute atomic E-state index is 5.77. The third kappa shape index (κ3) is 5.71. The first-order valence-corrected chi connectivity index (χ1v) is 8.28. The van der Waals surface area contributed by atoms with E-state index >= 15 is 0 Å². The summed E-state index contributed by atoms with van der Waals surface area (Å²) in [6, 6.07) is 6.64. The molecule has 0 heterocycles. The van der Waals surface area contributed by atoms with Crippen molar-refractivity contribution in [2.45, 2.75) is 44.6 Å². The monoisotopic (exact) mass is 341 g/mol. The quantitative estimate of drug-likeness (QED) is 0.648. The minimum atomic E-state index is 0.779. The predicted molar refractivity (Wildman–Crippen MR) is 85.7 cm³/mol. The molecule has 2 rings (SSSR count). The van der Waals surface area contributed by atoms with Gasteiger partial charge in [-0.2, -0.15) is 0 Å². The normalized spacial score (nSPS) is 14.3. The molecular formula is C16H24BrNO2. The summed E-state index contributed by atoms with van der Waals surface area (Å²) in [6.45, 7) is 1.95. The van der Waals surface area contributed by atoms with Gasteiger partial charge < -0.3 is 14.8 Å². The highest BCUT2D eigenvalue weighted by Crippen LogP contribution is 2.29. The standard InChI is InChI=1S/C16H24BrNO2/c1-19-14-8-9-16(15(17)12-14)20-11-5-3-2-4-10-18-13-6-7-13/h8-9,12-13,18H,2-7,10-11H2,1H3. The van der Waals surface area contributed by atoms with Crippen molar-refractivity contribution < 1.29 is 9.47 Å². The van der Waals surface area contributed by atoms with Crippen molar-refractivity contribution in [2.24, 2.45) is 0 Å². The van der Waals surface area contributed by atoms with E-state index in [2.05, 4.69) is 21.2 Å². The van der Waals surface area contributed by atoms with E-state index in [9.17, 15) is 0 Å². The van der Waals surface area contributed by atoms with Gasteiger partial charge in [0.05, 0.1) is 18.2 Å². The van der Waals surface area contributed by atoms with E-state index in [-0.39, 0.29) is 0 Å². The Morgan fingerprint density at radius 3 is 2.70 bits per heavy atom. The van der Waals surface area contributed by atoms with E-state index < -0.39 is 0 Å². The molecule has 1 saturated carbocycles. The van der Waals surface area contributed by atoms with Crippen molar-refractivity contribution in [2.75, 3.05) is 20.3 Å². The summed E-state index contributed by atoms with van der Waals surface area (Å²) < 4.78 is 11.9. The summed E-state index contributed by atoms with van der Waals surface area (Å²) in [5.41, 5.74) is 0. The summed E-state index contributed by atoms with van der Waals surface area (Å²) in [4.78, 5) is 0. The van der Waals surface area contributed by atoms with Crippen molar-refractivity contribution in [3.8, 4) is 11.5 Å². The lowest BCUT2D eigenvalue weighted by atomic mass is 10.2. The average molecular weight is 342 g/mol. The van der Waals surface area contributed by atoms with Crippen molar-refractivity contribution in [1.29, 1.82) is 0 Å². The number of rotatable bonds is 10. The molecule has 20 heavy (non-hydrogen) atoms. The highest BCUT2D eigenvalue weighted by atomic mass is 79.9. The fraction of sp³-hybridized carbons (Fsp3) is 0.625. The van der Waals surface area contributed by atoms with E-state index in [1.54, 1.807) is 7.11 Å². The van der Waals surface area contributed by atoms with E-state index in [0.29, 0.717) is 0 Å². The lowest BCUT2D eigenvalue weighted by Crippen LogP contribution is -2.17. The maximum Gasteiger partial charge on any atom is 0.133 e. The van der Waals surface area contributed by atoms with Crippen LogP contribution < -0.4 is 14.8 Å². The number of hydrogen-bond acceptors (Lipinski definition) is 3. The molecule has 0 saturated heterocycles. The summed E-state index contributed by atoms with van der Waals surface area (Å²) in [6.07, 6.45) is 7.67. The molecule has 0 spiro atoms. The van der Waals surface area contributed by atoms with Gasteiger partial charge in [-0.1, -0.05) is 12.8 Å². The summed E-state index contributed by atoms with van der Waals surface area (Å²) in [5, 5.41) is 3.54. The molecule has 1 N–H and O–H groups in total. The van der Waals surface area contributed by atoms with Gasteiger partial charge in [0.25, 0.3) is 0 Å². The fourth-order valence-corrected chi connectivity index (χ4v) is 2.55. The summed E-state index contributed by atoms with van der Waals surface area (Å²) in [7, 11) is 1.67. The highest BCUT2D eigenvalue weighted by Gasteiger charge is 2.19. The second-order valence-electron chi connectivity index (χ2n) is 5.29. The molecule has 0 aromatic heterocycles. The van der Waals surface area contributed by atoms with Crippen LogP contribution in [-0.2, 0) is 0 Å². The minimum absolute atomic E-state index is 0.779. The largest absolute Gasteiger partial charge is 0.497 e. The van der Waals surface area contributed by atoms with Crippen LogP contribution in [0.25, 0.3) is 0 Å². The van der Waals surface area contributed by atoms with E-state index in [1.165, 1.54) is 38.6 Å². The molecule has 0 amide bonds. The molecule has 1 aliphatic carbocycles. The number of unbranched alkanes of at least 4 members (excludes halogenated alkanes) is 3. The maximum atomic E-state index is 5.77. The van der Waals surface area contributed by atoms with Crippen molar-refractivity contribution in [3.63, 3.8) is 0 Å². The molecule has 0 atom stereocenters. The molecule has 1 fully saturated rings. The van der Waals surface area contributed by atoms with Gasteiger partial charge in [0, 0.05) is 6.04 Å². The molecule has 4 heteroatoms. The third-order valence-corrected chi connectivity index (χ3v) is 4.10. The first kappa shape index (κ1) is 15.6. The first-order chi connectivity index (χ1) is 9.79. The lowest BCUT2D eigenvalue weighted by Gasteiger charge is -2.09. The molecule has 112 valence electrons. The van der Waals surface area contributed by atoms with Crippen LogP contribution in [0.3, 0.4) is 0 Å². The van der Waals surface area contributed by atoms with Crippen LogP contribution in [0.15, 0.2) is 22.7 Å². The van der Waals surface area contributed by atoms with Crippen LogP contribution in [0, 0.1) is 0 Å². The molecule has 3 nitrogen and oxygen atoms in total. The highest BCUT2D eigenvalue weighted by molar-refractivity contribution is 9.10. The smallest absolute Gasteiger partial charge is 0.133 e. The van der Waals surface area contributed by atoms with Crippen LogP contribution in [0.4, 0.5) is 0 Å². The second kappa shape index (κ2) is 8.53. The van der Waals surface area contributed by atoms with Gasteiger partial charge in [-0.3, -0.25) is 0 Å². The van der Waals surface area contributed by atoms with Gasteiger partial charge in [0.1, 0.15) is 11.5 Å². The number of hydrogen-bond donors (Lipinski definition) is 1. The van der Waals surface area contributed by atoms with Gasteiger partial charge in [0.15, 0.2) is 0 Å².